The monoisotopic (exact) mass is 281 g/mol. The maximum atomic E-state index is 11.9. The van der Waals surface area contributed by atoms with Crippen LogP contribution in [0.15, 0.2) is 27.5 Å². The lowest BCUT2D eigenvalue weighted by Crippen LogP contribution is -2.20. The molecule has 0 saturated carbocycles. The molecule has 0 N–H and O–H groups in total. The first kappa shape index (κ1) is 11.2. The molecule has 3 nitrogen and oxygen atoms in total. The van der Waals surface area contributed by atoms with Gasteiger partial charge in [0, 0.05) is 28.5 Å². The second-order valence-electron chi connectivity index (χ2n) is 3.69. The minimum Gasteiger partial charge on any atom is -0.497 e. The van der Waals surface area contributed by atoms with Crippen LogP contribution in [0.5, 0.6) is 5.75 Å². The van der Waals surface area contributed by atoms with Crippen molar-refractivity contribution in [3.63, 3.8) is 0 Å². The van der Waals surface area contributed by atoms with Gasteiger partial charge in [-0.3, -0.25) is 4.79 Å². The summed E-state index contributed by atoms with van der Waals surface area (Å²) in [6, 6.07) is 5.70. The summed E-state index contributed by atoms with van der Waals surface area (Å²) in [7, 11) is 3.38. The Labute approximate surface area is 102 Å². The Bertz CT molecular complexity index is 616. The Hall–Kier alpha value is -1.29. The molecule has 0 amide bonds. The standard InChI is InChI=1S/C12H12BrNO2/c1-7-11(13)9-5-4-8(16-3)6-10(9)14(2)12(7)15/h4-6H,1-3H3. The van der Waals surface area contributed by atoms with Gasteiger partial charge >= 0.3 is 0 Å². The van der Waals surface area contributed by atoms with Crippen molar-refractivity contribution >= 4 is 26.8 Å². The second-order valence-corrected chi connectivity index (χ2v) is 4.48. The molecule has 2 rings (SSSR count). The van der Waals surface area contributed by atoms with Crippen LogP contribution in [-0.4, -0.2) is 11.7 Å². The molecule has 0 aliphatic carbocycles. The van der Waals surface area contributed by atoms with E-state index in [1.165, 1.54) is 0 Å². The number of halogens is 1. The zero-order valence-corrected chi connectivity index (χ0v) is 11.0. The maximum absolute atomic E-state index is 11.9. The number of methoxy groups -OCH3 is 1. The predicted molar refractivity (Wildman–Crippen MR) is 68.2 cm³/mol. The van der Waals surface area contributed by atoms with Crippen molar-refractivity contribution in [2.45, 2.75) is 6.92 Å². The van der Waals surface area contributed by atoms with Gasteiger partial charge in [0.2, 0.25) is 0 Å². The van der Waals surface area contributed by atoms with Crippen LogP contribution in [0.2, 0.25) is 0 Å². The Morgan fingerprint density at radius 1 is 1.38 bits per heavy atom. The summed E-state index contributed by atoms with van der Waals surface area (Å²) in [5.41, 5.74) is 1.59. The molecule has 84 valence electrons. The van der Waals surface area contributed by atoms with Crippen LogP contribution in [-0.2, 0) is 7.05 Å². The Morgan fingerprint density at radius 2 is 2.06 bits per heavy atom. The van der Waals surface area contributed by atoms with Crippen LogP contribution >= 0.6 is 15.9 Å². The van der Waals surface area contributed by atoms with Gasteiger partial charge < -0.3 is 9.30 Å². The number of benzene rings is 1. The first-order valence-electron chi connectivity index (χ1n) is 4.89. The zero-order chi connectivity index (χ0) is 11.9. The number of ether oxygens (including phenoxy) is 1. The highest BCUT2D eigenvalue weighted by Gasteiger charge is 2.10. The van der Waals surface area contributed by atoms with Crippen LogP contribution < -0.4 is 10.3 Å². The number of fused-ring (bicyclic) bond motifs is 1. The third kappa shape index (κ3) is 1.53. The molecular formula is C12H12BrNO2. The van der Waals surface area contributed by atoms with E-state index >= 15 is 0 Å². The normalized spacial score (nSPS) is 10.8. The van der Waals surface area contributed by atoms with Gasteiger partial charge in [0.15, 0.2) is 0 Å². The molecule has 1 aromatic carbocycles. The van der Waals surface area contributed by atoms with Gasteiger partial charge in [-0.1, -0.05) is 0 Å². The molecule has 1 heterocycles. The summed E-state index contributed by atoms with van der Waals surface area (Å²) in [5.74, 6) is 0.748. The number of hydrogen-bond donors (Lipinski definition) is 0. The zero-order valence-electron chi connectivity index (χ0n) is 9.37. The fourth-order valence-corrected chi connectivity index (χ4v) is 2.26. The highest BCUT2D eigenvalue weighted by atomic mass is 79.9. The van der Waals surface area contributed by atoms with Crippen LogP contribution in [0.3, 0.4) is 0 Å². The number of aromatic nitrogens is 1. The van der Waals surface area contributed by atoms with Crippen LogP contribution in [0.1, 0.15) is 5.56 Å². The molecule has 0 bridgehead atoms. The van der Waals surface area contributed by atoms with Crippen LogP contribution in [0, 0.1) is 6.92 Å². The van der Waals surface area contributed by atoms with Gasteiger partial charge in [-0.2, -0.15) is 0 Å². The summed E-state index contributed by atoms with van der Waals surface area (Å²) < 4.78 is 7.65. The van der Waals surface area contributed by atoms with Crippen molar-refractivity contribution in [2.24, 2.45) is 7.05 Å². The van der Waals surface area contributed by atoms with Gasteiger partial charge in [0.05, 0.1) is 12.6 Å². The van der Waals surface area contributed by atoms with E-state index in [1.807, 2.05) is 25.1 Å². The van der Waals surface area contributed by atoms with E-state index in [1.54, 1.807) is 18.7 Å². The summed E-state index contributed by atoms with van der Waals surface area (Å²) in [6.07, 6.45) is 0. The van der Waals surface area contributed by atoms with Gasteiger partial charge in [-0.25, -0.2) is 0 Å². The highest BCUT2D eigenvalue weighted by molar-refractivity contribution is 9.10. The van der Waals surface area contributed by atoms with Crippen molar-refractivity contribution in [3.8, 4) is 5.75 Å². The number of pyridine rings is 1. The van der Waals surface area contributed by atoms with Crippen LogP contribution in [0.25, 0.3) is 10.9 Å². The summed E-state index contributed by atoms with van der Waals surface area (Å²) >= 11 is 3.46. The van der Waals surface area contributed by atoms with E-state index < -0.39 is 0 Å². The molecule has 0 saturated heterocycles. The van der Waals surface area contributed by atoms with Gasteiger partial charge in [0.25, 0.3) is 5.56 Å². The fraction of sp³-hybridized carbons (Fsp3) is 0.250. The third-order valence-corrected chi connectivity index (χ3v) is 3.78. The minimum absolute atomic E-state index is 0.00706. The van der Waals surface area contributed by atoms with E-state index in [4.69, 9.17) is 4.74 Å². The van der Waals surface area contributed by atoms with Gasteiger partial charge in [0.1, 0.15) is 5.75 Å². The molecule has 0 atom stereocenters. The number of rotatable bonds is 1. The molecule has 1 aromatic heterocycles. The first-order valence-corrected chi connectivity index (χ1v) is 5.68. The minimum atomic E-state index is 0.00706. The van der Waals surface area contributed by atoms with E-state index in [0.717, 1.165) is 26.7 Å². The molecule has 0 unspecified atom stereocenters. The molecule has 16 heavy (non-hydrogen) atoms. The van der Waals surface area contributed by atoms with Gasteiger partial charge in [-0.15, -0.1) is 0 Å². The van der Waals surface area contributed by atoms with E-state index in [-0.39, 0.29) is 5.56 Å². The van der Waals surface area contributed by atoms with E-state index in [9.17, 15) is 4.79 Å². The van der Waals surface area contributed by atoms with E-state index in [2.05, 4.69) is 15.9 Å². The average molecular weight is 282 g/mol. The number of aryl methyl sites for hydroxylation is 1. The average Bonchev–Trinajstić information content (AvgIpc) is 2.33. The lowest BCUT2D eigenvalue weighted by molar-refractivity contribution is 0.415. The van der Waals surface area contributed by atoms with Crippen molar-refractivity contribution in [1.29, 1.82) is 0 Å². The lowest BCUT2D eigenvalue weighted by Gasteiger charge is -2.10. The third-order valence-electron chi connectivity index (χ3n) is 2.76. The smallest absolute Gasteiger partial charge is 0.254 e. The van der Waals surface area contributed by atoms with Crippen molar-refractivity contribution in [3.05, 3.63) is 38.6 Å². The second kappa shape index (κ2) is 3.94. The number of hydrogen-bond acceptors (Lipinski definition) is 2. The van der Waals surface area contributed by atoms with Crippen molar-refractivity contribution in [2.75, 3.05) is 7.11 Å². The summed E-state index contributed by atoms with van der Waals surface area (Å²) in [5, 5.41) is 1.01. The largest absolute Gasteiger partial charge is 0.497 e. The Balaban J connectivity index is 2.97. The molecule has 0 fully saturated rings. The topological polar surface area (TPSA) is 31.2 Å². The van der Waals surface area contributed by atoms with Crippen molar-refractivity contribution < 1.29 is 4.74 Å². The summed E-state index contributed by atoms with van der Waals surface area (Å²) in [4.78, 5) is 11.9. The predicted octanol–water partition coefficient (Wildman–Crippen LogP) is 2.62. The molecule has 0 radical (unpaired) electrons. The van der Waals surface area contributed by atoms with Crippen molar-refractivity contribution in [1.82, 2.24) is 4.57 Å². The highest BCUT2D eigenvalue weighted by Crippen LogP contribution is 2.27. The quantitative estimate of drug-likeness (QED) is 0.805. The fourth-order valence-electron chi connectivity index (χ4n) is 1.76. The molecule has 0 aliphatic heterocycles. The molecule has 2 aromatic rings. The maximum Gasteiger partial charge on any atom is 0.254 e. The molecule has 0 aliphatic rings. The Kier molecular flexibility index (Phi) is 2.76. The first-order chi connectivity index (χ1) is 7.56. The van der Waals surface area contributed by atoms with E-state index in [0.29, 0.717) is 0 Å². The number of nitrogens with zero attached hydrogens (tertiary/aromatic N) is 1. The molecule has 0 spiro atoms. The Morgan fingerprint density at radius 3 is 2.69 bits per heavy atom. The molecular weight excluding hydrogens is 270 g/mol. The van der Waals surface area contributed by atoms with Crippen LogP contribution in [0.4, 0.5) is 0 Å². The van der Waals surface area contributed by atoms with Gasteiger partial charge in [-0.05, 0) is 35.0 Å². The summed E-state index contributed by atoms with van der Waals surface area (Å²) in [6.45, 7) is 1.82. The molecule has 4 heteroatoms. The SMILES string of the molecule is COc1ccc2c(Br)c(C)c(=O)n(C)c2c1. The lowest BCUT2D eigenvalue weighted by atomic mass is 10.1.